The van der Waals surface area contributed by atoms with E-state index in [4.69, 9.17) is 0 Å². The summed E-state index contributed by atoms with van der Waals surface area (Å²) in [7, 11) is 0. The molecule has 0 aliphatic carbocycles. The van der Waals surface area contributed by atoms with E-state index in [0.717, 1.165) is 0 Å². The van der Waals surface area contributed by atoms with Gasteiger partial charge in [-0.25, -0.2) is 4.98 Å². The number of fused-ring (bicyclic) bond motifs is 1. The lowest BCUT2D eigenvalue weighted by molar-refractivity contribution is -0.384. The molecule has 1 aromatic carbocycles. The molecule has 0 fully saturated rings. The minimum atomic E-state index is -0.553. The molecule has 2 aromatic rings. The summed E-state index contributed by atoms with van der Waals surface area (Å²) in [6.45, 7) is 1.31. The summed E-state index contributed by atoms with van der Waals surface area (Å²) in [5.41, 5.74) is -0.266. The molecule has 0 atom stereocenters. The van der Waals surface area contributed by atoms with Gasteiger partial charge in [-0.15, -0.1) is 0 Å². The van der Waals surface area contributed by atoms with Crippen LogP contribution >= 0.6 is 0 Å². The summed E-state index contributed by atoms with van der Waals surface area (Å²) in [4.78, 5) is 36.9. The van der Waals surface area contributed by atoms with Crippen LogP contribution in [0.2, 0.25) is 0 Å². The van der Waals surface area contributed by atoms with Gasteiger partial charge in [-0.2, -0.15) is 0 Å². The van der Waals surface area contributed by atoms with Crippen LogP contribution < -0.4 is 5.56 Å². The van der Waals surface area contributed by atoms with Gasteiger partial charge in [0.25, 0.3) is 11.2 Å². The average molecular weight is 247 g/mol. The largest absolute Gasteiger partial charge is 0.298 e. The lowest BCUT2D eigenvalue weighted by atomic mass is 10.2. The Morgan fingerprint density at radius 3 is 2.83 bits per heavy atom. The molecule has 0 aliphatic heterocycles. The summed E-state index contributed by atoms with van der Waals surface area (Å²) < 4.78 is 1.18. The van der Waals surface area contributed by atoms with Crippen molar-refractivity contribution < 1.29 is 9.72 Å². The molecule has 0 aliphatic rings. The smallest absolute Gasteiger partial charge is 0.271 e. The first-order valence-electron chi connectivity index (χ1n) is 5.12. The van der Waals surface area contributed by atoms with Gasteiger partial charge in [-0.05, 0) is 13.0 Å². The number of Topliss-reactive ketones (excluding diaryl/α,β-unsaturated/α-hetero) is 1. The number of hydrogen-bond acceptors (Lipinski definition) is 5. The number of aromatic nitrogens is 2. The van der Waals surface area contributed by atoms with E-state index in [1.165, 1.54) is 36.0 Å². The Balaban J connectivity index is 2.62. The zero-order chi connectivity index (χ0) is 13.3. The van der Waals surface area contributed by atoms with Crippen LogP contribution in [-0.4, -0.2) is 20.3 Å². The molecule has 7 heteroatoms. The molecule has 0 saturated heterocycles. The Morgan fingerprint density at radius 2 is 2.22 bits per heavy atom. The maximum Gasteiger partial charge on any atom is 0.271 e. The molecule has 0 radical (unpaired) electrons. The second-order valence-electron chi connectivity index (χ2n) is 3.84. The van der Waals surface area contributed by atoms with Crippen molar-refractivity contribution in [1.82, 2.24) is 9.55 Å². The third-order valence-electron chi connectivity index (χ3n) is 2.41. The Labute approximate surface area is 101 Å². The van der Waals surface area contributed by atoms with Crippen molar-refractivity contribution in [3.05, 3.63) is 45.0 Å². The van der Waals surface area contributed by atoms with Gasteiger partial charge in [-0.3, -0.25) is 24.3 Å². The summed E-state index contributed by atoms with van der Waals surface area (Å²) >= 11 is 0. The second-order valence-corrected chi connectivity index (χ2v) is 3.84. The highest BCUT2D eigenvalue weighted by Gasteiger charge is 2.10. The first kappa shape index (κ1) is 11.9. The van der Waals surface area contributed by atoms with Crippen molar-refractivity contribution in [2.45, 2.75) is 13.5 Å². The van der Waals surface area contributed by atoms with Gasteiger partial charge in [0.2, 0.25) is 0 Å². The Hall–Kier alpha value is -2.57. The van der Waals surface area contributed by atoms with Crippen LogP contribution in [0.3, 0.4) is 0 Å². The Bertz CT molecular complexity index is 705. The number of benzene rings is 1. The molecule has 0 amide bonds. The average Bonchev–Trinajstić information content (AvgIpc) is 2.32. The van der Waals surface area contributed by atoms with E-state index in [1.54, 1.807) is 0 Å². The van der Waals surface area contributed by atoms with E-state index in [-0.39, 0.29) is 34.5 Å². The lowest BCUT2D eigenvalue weighted by Gasteiger charge is -2.03. The monoisotopic (exact) mass is 247 g/mol. The molecule has 0 saturated carbocycles. The maximum absolute atomic E-state index is 11.9. The van der Waals surface area contributed by atoms with E-state index >= 15 is 0 Å². The predicted molar refractivity (Wildman–Crippen MR) is 63.3 cm³/mol. The van der Waals surface area contributed by atoms with Crippen LogP contribution in [-0.2, 0) is 11.3 Å². The van der Waals surface area contributed by atoms with E-state index in [2.05, 4.69) is 4.98 Å². The van der Waals surface area contributed by atoms with Gasteiger partial charge in [0.05, 0.1) is 28.7 Å². The summed E-state index contributed by atoms with van der Waals surface area (Å²) in [6, 6.07) is 3.82. The van der Waals surface area contributed by atoms with Crippen LogP contribution in [0.1, 0.15) is 6.92 Å². The number of ketones is 1. The molecule has 0 bridgehead atoms. The topological polar surface area (TPSA) is 95.1 Å². The van der Waals surface area contributed by atoms with Crippen molar-refractivity contribution in [3.63, 3.8) is 0 Å². The molecule has 0 spiro atoms. The minimum absolute atomic E-state index is 0.0568. The quantitative estimate of drug-likeness (QED) is 0.593. The fraction of sp³-hybridized carbons (Fsp3) is 0.182. The zero-order valence-corrected chi connectivity index (χ0v) is 9.49. The number of non-ortho nitro benzene ring substituents is 1. The molecule has 1 aromatic heterocycles. The Morgan fingerprint density at radius 1 is 1.50 bits per heavy atom. The van der Waals surface area contributed by atoms with Crippen molar-refractivity contribution in [3.8, 4) is 0 Å². The van der Waals surface area contributed by atoms with Crippen LogP contribution in [0.15, 0.2) is 29.3 Å². The van der Waals surface area contributed by atoms with E-state index < -0.39 is 4.92 Å². The summed E-state index contributed by atoms with van der Waals surface area (Å²) in [5.74, 6) is -0.167. The van der Waals surface area contributed by atoms with Crippen LogP contribution in [0.4, 0.5) is 5.69 Å². The minimum Gasteiger partial charge on any atom is -0.298 e. The van der Waals surface area contributed by atoms with Gasteiger partial charge in [-0.1, -0.05) is 0 Å². The number of carbonyl (C=O) groups is 1. The number of rotatable bonds is 3. The molecule has 0 unspecified atom stereocenters. The van der Waals surface area contributed by atoms with Crippen molar-refractivity contribution in [1.29, 1.82) is 0 Å². The van der Waals surface area contributed by atoms with E-state index in [9.17, 15) is 19.7 Å². The summed E-state index contributed by atoms with van der Waals surface area (Å²) in [5, 5.41) is 10.8. The maximum atomic E-state index is 11.9. The number of nitrogens with zero attached hydrogens (tertiary/aromatic N) is 3. The fourth-order valence-electron chi connectivity index (χ4n) is 1.61. The van der Waals surface area contributed by atoms with Crippen LogP contribution in [0.25, 0.3) is 10.9 Å². The molecule has 92 valence electrons. The number of nitro benzene ring substituents is 1. The molecular weight excluding hydrogens is 238 g/mol. The molecular formula is C11H9N3O4. The van der Waals surface area contributed by atoms with Crippen molar-refractivity contribution in [2.24, 2.45) is 0 Å². The second kappa shape index (κ2) is 4.36. The highest BCUT2D eigenvalue weighted by molar-refractivity contribution is 5.80. The van der Waals surface area contributed by atoms with Crippen molar-refractivity contribution in [2.75, 3.05) is 0 Å². The number of hydrogen-bond donors (Lipinski definition) is 0. The van der Waals surface area contributed by atoms with Crippen LogP contribution in [0, 0.1) is 10.1 Å². The van der Waals surface area contributed by atoms with E-state index in [0.29, 0.717) is 0 Å². The van der Waals surface area contributed by atoms with E-state index in [1.807, 2.05) is 0 Å². The highest BCUT2D eigenvalue weighted by atomic mass is 16.6. The fourth-order valence-corrected chi connectivity index (χ4v) is 1.61. The van der Waals surface area contributed by atoms with Crippen molar-refractivity contribution >= 4 is 22.4 Å². The first-order chi connectivity index (χ1) is 8.49. The highest BCUT2D eigenvalue weighted by Crippen LogP contribution is 2.16. The van der Waals surface area contributed by atoms with Gasteiger partial charge in [0.1, 0.15) is 5.78 Å². The SMILES string of the molecule is CC(=O)Cn1cnc2cc([N+](=O)[O-])ccc2c1=O. The molecule has 2 rings (SSSR count). The number of nitro groups is 1. The lowest BCUT2D eigenvalue weighted by Crippen LogP contribution is -2.23. The molecule has 1 heterocycles. The molecule has 7 nitrogen and oxygen atoms in total. The third-order valence-corrected chi connectivity index (χ3v) is 2.41. The third kappa shape index (κ3) is 2.10. The Kier molecular flexibility index (Phi) is 2.88. The molecule has 18 heavy (non-hydrogen) atoms. The molecule has 0 N–H and O–H groups in total. The zero-order valence-electron chi connectivity index (χ0n) is 9.49. The predicted octanol–water partition coefficient (Wildman–Crippen LogP) is 0.894. The van der Waals surface area contributed by atoms with Gasteiger partial charge in [0.15, 0.2) is 0 Å². The normalized spacial score (nSPS) is 10.5. The first-order valence-corrected chi connectivity index (χ1v) is 5.12. The number of carbonyl (C=O) groups excluding carboxylic acids is 1. The standard InChI is InChI=1S/C11H9N3O4/c1-7(15)5-13-6-12-10-4-8(14(17)18)2-3-9(10)11(13)16/h2-4,6H,5H2,1H3. The van der Waals surface area contributed by atoms with Gasteiger partial charge >= 0.3 is 0 Å². The summed E-state index contributed by atoms with van der Waals surface area (Å²) in [6.07, 6.45) is 1.22. The van der Waals surface area contributed by atoms with Gasteiger partial charge in [0, 0.05) is 12.1 Å². The van der Waals surface area contributed by atoms with Crippen LogP contribution in [0.5, 0.6) is 0 Å². The van der Waals surface area contributed by atoms with Gasteiger partial charge < -0.3 is 0 Å².